The number of nitrogens with zero attached hydrogens (tertiary/aromatic N) is 2. The fourth-order valence-electron chi connectivity index (χ4n) is 2.00. The summed E-state index contributed by atoms with van der Waals surface area (Å²) >= 11 is 0. The molecular weight excluding hydrogens is 268 g/mol. The van der Waals surface area contributed by atoms with Crippen molar-refractivity contribution < 1.29 is 4.79 Å². The number of aromatic nitrogens is 3. The average molecular weight is 280 g/mol. The van der Waals surface area contributed by atoms with Crippen molar-refractivity contribution in [2.45, 2.75) is 6.92 Å². The van der Waals surface area contributed by atoms with Crippen molar-refractivity contribution in [3.8, 4) is 0 Å². The van der Waals surface area contributed by atoms with Gasteiger partial charge in [-0.15, -0.1) is 0 Å². The molecule has 0 unspecified atom stereocenters. The number of amides is 1. The number of aromatic amines is 1. The highest BCUT2D eigenvalue weighted by molar-refractivity contribution is 6.03. The second kappa shape index (κ2) is 5.16. The molecule has 0 bridgehead atoms. The van der Waals surface area contributed by atoms with E-state index in [0.29, 0.717) is 16.8 Å². The molecule has 1 amide bonds. The first kappa shape index (κ1) is 13.0. The monoisotopic (exact) mass is 280 g/mol. The van der Waals surface area contributed by atoms with Crippen molar-refractivity contribution >= 4 is 22.5 Å². The van der Waals surface area contributed by atoms with Crippen LogP contribution in [0.5, 0.6) is 0 Å². The number of anilines is 1. The molecule has 2 N–H and O–H groups in total. The Balaban J connectivity index is 1.93. The number of nitrogens with one attached hydrogen (secondary N) is 2. The van der Waals surface area contributed by atoms with Crippen LogP contribution in [0.25, 0.3) is 10.9 Å². The second-order valence-corrected chi connectivity index (χ2v) is 4.63. The maximum absolute atomic E-state index is 12.0. The summed E-state index contributed by atoms with van der Waals surface area (Å²) in [4.78, 5) is 34.2. The molecule has 3 rings (SSSR count). The molecule has 0 aliphatic heterocycles. The standard InChI is InChI=1S/C15H12N4O2/c1-9-6-10-2-3-11(7-12(10)19-14(9)20)18-15(21)13-8-16-4-5-17-13/h2-8H,1H3,(H,18,21)(H,19,20). The molecule has 0 aliphatic rings. The average Bonchev–Trinajstić information content (AvgIpc) is 2.49. The lowest BCUT2D eigenvalue weighted by Gasteiger charge is -2.06. The van der Waals surface area contributed by atoms with Gasteiger partial charge >= 0.3 is 0 Å². The van der Waals surface area contributed by atoms with Crippen molar-refractivity contribution in [2.24, 2.45) is 0 Å². The minimum atomic E-state index is -0.350. The Morgan fingerprint density at radius 3 is 2.86 bits per heavy atom. The molecule has 3 aromatic rings. The fraction of sp³-hybridized carbons (Fsp3) is 0.0667. The van der Waals surface area contributed by atoms with Crippen LogP contribution in [0.3, 0.4) is 0 Å². The van der Waals surface area contributed by atoms with Crippen LogP contribution in [0.4, 0.5) is 5.69 Å². The Kier molecular flexibility index (Phi) is 3.19. The lowest BCUT2D eigenvalue weighted by molar-refractivity contribution is 0.102. The normalized spacial score (nSPS) is 10.5. The quantitative estimate of drug-likeness (QED) is 0.750. The molecule has 0 aliphatic carbocycles. The zero-order valence-electron chi connectivity index (χ0n) is 11.3. The van der Waals surface area contributed by atoms with E-state index in [1.807, 2.05) is 12.1 Å². The van der Waals surface area contributed by atoms with E-state index >= 15 is 0 Å². The summed E-state index contributed by atoms with van der Waals surface area (Å²) in [7, 11) is 0. The van der Waals surface area contributed by atoms with Crippen LogP contribution in [0.1, 0.15) is 16.1 Å². The van der Waals surface area contributed by atoms with Gasteiger partial charge < -0.3 is 10.3 Å². The molecule has 0 atom stereocenters. The van der Waals surface area contributed by atoms with Crippen molar-refractivity contribution in [2.75, 3.05) is 5.32 Å². The third-order valence-corrected chi connectivity index (χ3v) is 3.09. The second-order valence-electron chi connectivity index (χ2n) is 4.63. The lowest BCUT2D eigenvalue weighted by atomic mass is 10.1. The number of pyridine rings is 1. The van der Waals surface area contributed by atoms with E-state index in [2.05, 4.69) is 20.3 Å². The Bertz CT molecular complexity index is 872. The van der Waals surface area contributed by atoms with Gasteiger partial charge in [0, 0.05) is 23.6 Å². The molecule has 104 valence electrons. The minimum absolute atomic E-state index is 0.139. The number of aryl methyl sites for hydroxylation is 1. The third-order valence-electron chi connectivity index (χ3n) is 3.09. The third kappa shape index (κ3) is 2.64. The van der Waals surface area contributed by atoms with Crippen molar-refractivity contribution in [3.05, 3.63) is 64.5 Å². The molecule has 0 radical (unpaired) electrons. The Labute approximate surface area is 119 Å². The van der Waals surface area contributed by atoms with E-state index in [1.54, 1.807) is 19.1 Å². The summed E-state index contributed by atoms with van der Waals surface area (Å²) in [6.07, 6.45) is 4.34. The first-order valence-electron chi connectivity index (χ1n) is 6.34. The number of hydrogen-bond donors (Lipinski definition) is 2. The Hall–Kier alpha value is -3.02. The van der Waals surface area contributed by atoms with E-state index in [1.165, 1.54) is 18.6 Å². The van der Waals surface area contributed by atoms with Gasteiger partial charge in [0.1, 0.15) is 5.69 Å². The summed E-state index contributed by atoms with van der Waals surface area (Å²) in [5.41, 5.74) is 1.99. The highest BCUT2D eigenvalue weighted by atomic mass is 16.2. The number of carbonyl (C=O) groups is 1. The number of carbonyl (C=O) groups excluding carboxylic acids is 1. The molecule has 0 saturated carbocycles. The largest absolute Gasteiger partial charge is 0.322 e. The number of H-pyrrole nitrogens is 1. The Morgan fingerprint density at radius 1 is 1.24 bits per heavy atom. The maximum atomic E-state index is 12.0. The highest BCUT2D eigenvalue weighted by Gasteiger charge is 2.08. The molecule has 21 heavy (non-hydrogen) atoms. The fourth-order valence-corrected chi connectivity index (χ4v) is 2.00. The van der Waals surface area contributed by atoms with Gasteiger partial charge in [-0.3, -0.25) is 14.6 Å². The number of benzene rings is 1. The summed E-state index contributed by atoms with van der Waals surface area (Å²) in [5.74, 6) is -0.350. The van der Waals surface area contributed by atoms with E-state index < -0.39 is 0 Å². The number of fused-ring (bicyclic) bond motifs is 1. The number of hydrogen-bond acceptors (Lipinski definition) is 4. The first-order chi connectivity index (χ1) is 10.1. The molecule has 1 aromatic carbocycles. The van der Waals surface area contributed by atoms with Crippen LogP contribution in [0.2, 0.25) is 0 Å². The van der Waals surface area contributed by atoms with E-state index in [-0.39, 0.29) is 17.2 Å². The summed E-state index contributed by atoms with van der Waals surface area (Å²) in [6.45, 7) is 1.75. The van der Waals surface area contributed by atoms with Crippen molar-refractivity contribution in [1.29, 1.82) is 0 Å². The number of rotatable bonds is 2. The van der Waals surface area contributed by atoms with E-state index in [4.69, 9.17) is 0 Å². The van der Waals surface area contributed by atoms with Gasteiger partial charge in [0.15, 0.2) is 0 Å². The van der Waals surface area contributed by atoms with Gasteiger partial charge in [-0.1, -0.05) is 6.07 Å². The van der Waals surface area contributed by atoms with Gasteiger partial charge in [0.25, 0.3) is 11.5 Å². The van der Waals surface area contributed by atoms with Gasteiger partial charge in [-0.2, -0.15) is 0 Å². The van der Waals surface area contributed by atoms with Crippen LogP contribution in [0, 0.1) is 6.92 Å². The highest BCUT2D eigenvalue weighted by Crippen LogP contribution is 2.17. The van der Waals surface area contributed by atoms with Gasteiger partial charge in [-0.05, 0) is 30.5 Å². The topological polar surface area (TPSA) is 87.7 Å². The Morgan fingerprint density at radius 2 is 2.10 bits per heavy atom. The molecule has 0 fully saturated rings. The van der Waals surface area contributed by atoms with Gasteiger partial charge in [0.2, 0.25) is 0 Å². The molecule has 0 spiro atoms. The lowest BCUT2D eigenvalue weighted by Crippen LogP contribution is -2.14. The molecule has 2 aromatic heterocycles. The predicted molar refractivity (Wildman–Crippen MR) is 79.3 cm³/mol. The molecule has 0 saturated heterocycles. The van der Waals surface area contributed by atoms with Crippen LogP contribution in [0.15, 0.2) is 47.7 Å². The van der Waals surface area contributed by atoms with Crippen LogP contribution < -0.4 is 10.9 Å². The van der Waals surface area contributed by atoms with Crippen molar-refractivity contribution in [3.63, 3.8) is 0 Å². The summed E-state index contributed by atoms with van der Waals surface area (Å²) < 4.78 is 0. The minimum Gasteiger partial charge on any atom is -0.322 e. The zero-order chi connectivity index (χ0) is 14.8. The SMILES string of the molecule is Cc1cc2ccc(NC(=O)c3cnccn3)cc2[nH]c1=O. The van der Waals surface area contributed by atoms with Crippen LogP contribution in [-0.2, 0) is 0 Å². The zero-order valence-corrected chi connectivity index (χ0v) is 11.3. The maximum Gasteiger partial charge on any atom is 0.275 e. The van der Waals surface area contributed by atoms with Crippen LogP contribution in [-0.4, -0.2) is 20.9 Å². The van der Waals surface area contributed by atoms with Gasteiger partial charge in [-0.25, -0.2) is 4.98 Å². The van der Waals surface area contributed by atoms with E-state index in [0.717, 1.165) is 5.39 Å². The first-order valence-corrected chi connectivity index (χ1v) is 6.34. The smallest absolute Gasteiger partial charge is 0.275 e. The molecule has 6 heteroatoms. The molecule has 2 heterocycles. The van der Waals surface area contributed by atoms with E-state index in [9.17, 15) is 9.59 Å². The van der Waals surface area contributed by atoms with Crippen LogP contribution >= 0.6 is 0 Å². The molecule has 6 nitrogen and oxygen atoms in total. The van der Waals surface area contributed by atoms with Crippen molar-refractivity contribution in [1.82, 2.24) is 15.0 Å². The summed E-state index contributed by atoms with van der Waals surface area (Å²) in [6, 6.07) is 7.13. The van der Waals surface area contributed by atoms with Gasteiger partial charge in [0.05, 0.1) is 11.7 Å². The summed E-state index contributed by atoms with van der Waals surface area (Å²) in [5, 5.41) is 3.63. The molecular formula is C15H12N4O2. The predicted octanol–water partition coefficient (Wildman–Crippen LogP) is 1.88.